The molecule has 1 aromatic heterocycles. The van der Waals surface area contributed by atoms with E-state index in [1.165, 1.54) is 0 Å². The maximum Gasteiger partial charge on any atom is 0.217 e. The summed E-state index contributed by atoms with van der Waals surface area (Å²) in [6, 6.07) is 7.82. The first kappa shape index (κ1) is 18.7. The monoisotopic (exact) mass is 348 g/mol. The molecule has 24 heavy (non-hydrogen) atoms. The van der Waals surface area contributed by atoms with Crippen LogP contribution in [0.1, 0.15) is 27.7 Å². The van der Waals surface area contributed by atoms with Gasteiger partial charge in [-0.05, 0) is 48.3 Å². The molecule has 1 heterocycles. The minimum atomic E-state index is 0.582. The summed E-state index contributed by atoms with van der Waals surface area (Å²) < 4.78 is 7.72. The highest BCUT2D eigenvalue weighted by Gasteiger charge is 2.12. The van der Waals surface area contributed by atoms with E-state index >= 15 is 0 Å². The lowest BCUT2D eigenvalue weighted by molar-refractivity contribution is 0.165. The fourth-order valence-electron chi connectivity index (χ4n) is 2.75. The molecule has 0 fully saturated rings. The van der Waals surface area contributed by atoms with Crippen molar-refractivity contribution < 1.29 is 4.74 Å². The van der Waals surface area contributed by atoms with Crippen LogP contribution in [-0.2, 0) is 6.67 Å². The maximum absolute atomic E-state index is 5.44. The van der Waals surface area contributed by atoms with Gasteiger partial charge in [-0.15, -0.1) is 0 Å². The van der Waals surface area contributed by atoms with Crippen molar-refractivity contribution in [3.63, 3.8) is 0 Å². The van der Waals surface area contributed by atoms with Gasteiger partial charge in [0.15, 0.2) is 5.82 Å². The molecule has 0 spiro atoms. The van der Waals surface area contributed by atoms with Crippen LogP contribution in [0, 0.1) is 16.6 Å². The molecule has 0 atom stereocenters. The number of aromatic nitrogens is 3. The first-order valence-electron chi connectivity index (χ1n) is 8.42. The minimum Gasteiger partial charge on any atom is -0.497 e. The van der Waals surface area contributed by atoms with Crippen LogP contribution in [0.15, 0.2) is 24.3 Å². The number of hydrogen-bond donors (Lipinski definition) is 1. The Kier molecular flexibility index (Phi) is 6.57. The SMILES string of the molecule is COc1ccc(-c2nc(=S)n(CN(CC(C)C)CC(C)C)[nH]2)cc1. The molecule has 132 valence electrons. The number of ether oxygens (including phenoxy) is 1. The first-order valence-corrected chi connectivity index (χ1v) is 8.83. The zero-order chi connectivity index (χ0) is 17.7. The van der Waals surface area contributed by atoms with Gasteiger partial charge in [-0.1, -0.05) is 27.7 Å². The number of methoxy groups -OCH3 is 1. The average molecular weight is 349 g/mol. The zero-order valence-electron chi connectivity index (χ0n) is 15.2. The van der Waals surface area contributed by atoms with E-state index in [9.17, 15) is 0 Å². The van der Waals surface area contributed by atoms with E-state index in [4.69, 9.17) is 17.0 Å². The third kappa shape index (κ3) is 5.18. The van der Waals surface area contributed by atoms with Gasteiger partial charge in [-0.2, -0.15) is 4.98 Å². The van der Waals surface area contributed by atoms with E-state index in [2.05, 4.69) is 42.7 Å². The Labute approximate surface area is 149 Å². The highest BCUT2D eigenvalue weighted by Crippen LogP contribution is 2.19. The number of rotatable bonds is 8. The molecule has 0 aliphatic carbocycles. The summed E-state index contributed by atoms with van der Waals surface area (Å²) in [5.41, 5.74) is 1.000. The molecule has 0 unspecified atom stereocenters. The second-order valence-corrected chi connectivity index (χ2v) is 7.34. The molecule has 2 aromatic rings. The van der Waals surface area contributed by atoms with Crippen molar-refractivity contribution >= 4 is 12.2 Å². The molecule has 1 aromatic carbocycles. The van der Waals surface area contributed by atoms with Gasteiger partial charge in [0, 0.05) is 18.7 Å². The van der Waals surface area contributed by atoms with Gasteiger partial charge in [0.1, 0.15) is 5.75 Å². The molecule has 5 nitrogen and oxygen atoms in total. The molecule has 1 N–H and O–H groups in total. The van der Waals surface area contributed by atoms with E-state index in [-0.39, 0.29) is 0 Å². The highest BCUT2D eigenvalue weighted by molar-refractivity contribution is 7.71. The lowest BCUT2D eigenvalue weighted by atomic mass is 10.1. The first-order chi connectivity index (χ1) is 11.4. The van der Waals surface area contributed by atoms with Crippen molar-refractivity contribution in [2.75, 3.05) is 20.2 Å². The molecule has 0 amide bonds. The van der Waals surface area contributed by atoms with Gasteiger partial charge in [0.25, 0.3) is 0 Å². The van der Waals surface area contributed by atoms with Crippen LogP contribution < -0.4 is 4.74 Å². The second-order valence-electron chi connectivity index (χ2n) is 6.98. The molecular weight excluding hydrogens is 320 g/mol. The normalized spacial score (nSPS) is 11.7. The summed E-state index contributed by atoms with van der Waals surface area (Å²) in [6.45, 7) is 11.8. The topological polar surface area (TPSA) is 46.1 Å². The van der Waals surface area contributed by atoms with Gasteiger partial charge in [-0.25, -0.2) is 4.68 Å². The van der Waals surface area contributed by atoms with Gasteiger partial charge in [0.05, 0.1) is 13.8 Å². The fraction of sp³-hybridized carbons (Fsp3) is 0.556. The van der Waals surface area contributed by atoms with Crippen molar-refractivity contribution in [1.82, 2.24) is 19.7 Å². The molecule has 0 saturated carbocycles. The number of hydrogen-bond acceptors (Lipinski definition) is 4. The number of benzene rings is 1. The average Bonchev–Trinajstić information content (AvgIpc) is 2.87. The molecule has 2 rings (SSSR count). The summed E-state index contributed by atoms with van der Waals surface area (Å²) in [5.74, 6) is 2.84. The predicted octanol–water partition coefficient (Wildman–Crippen LogP) is 4.19. The fourth-order valence-corrected chi connectivity index (χ4v) is 2.95. The molecule has 0 aliphatic rings. The molecule has 0 radical (unpaired) electrons. The van der Waals surface area contributed by atoms with E-state index in [1.807, 2.05) is 28.9 Å². The van der Waals surface area contributed by atoms with Gasteiger partial charge < -0.3 is 4.74 Å². The molecule has 0 saturated heterocycles. The van der Waals surface area contributed by atoms with Crippen LogP contribution in [-0.4, -0.2) is 39.9 Å². The van der Waals surface area contributed by atoms with Crippen LogP contribution in [0.4, 0.5) is 0 Å². The van der Waals surface area contributed by atoms with Gasteiger partial charge in [-0.3, -0.25) is 10.00 Å². The summed E-state index contributed by atoms with van der Waals surface area (Å²) in [5, 5.41) is 3.33. The summed E-state index contributed by atoms with van der Waals surface area (Å²) in [6.07, 6.45) is 0. The Bertz CT molecular complexity index is 678. The molecule has 0 aliphatic heterocycles. The summed E-state index contributed by atoms with van der Waals surface area (Å²) >= 11 is 5.44. The standard InChI is InChI=1S/C18H28N4OS/c1-13(2)10-21(11-14(3)4)12-22-18(24)19-17(20-22)15-6-8-16(23-5)9-7-15/h6-9,13-14H,10-12H2,1-5H3,(H,19,20,24). The molecule has 6 heteroatoms. The van der Waals surface area contributed by atoms with Crippen LogP contribution in [0.3, 0.4) is 0 Å². The third-order valence-electron chi connectivity index (χ3n) is 3.63. The number of aromatic amines is 1. The lowest BCUT2D eigenvalue weighted by Crippen LogP contribution is -2.33. The van der Waals surface area contributed by atoms with Crippen molar-refractivity contribution in [2.45, 2.75) is 34.4 Å². The number of nitrogens with zero attached hydrogens (tertiary/aromatic N) is 3. The van der Waals surface area contributed by atoms with E-state index < -0.39 is 0 Å². The highest BCUT2D eigenvalue weighted by atomic mass is 32.1. The number of H-pyrrole nitrogens is 1. The smallest absolute Gasteiger partial charge is 0.217 e. The van der Waals surface area contributed by atoms with Crippen molar-refractivity contribution in [1.29, 1.82) is 0 Å². The summed E-state index contributed by atoms with van der Waals surface area (Å²) in [7, 11) is 1.66. The van der Waals surface area contributed by atoms with Crippen LogP contribution in [0.2, 0.25) is 0 Å². The second kappa shape index (κ2) is 8.44. The molecule has 0 bridgehead atoms. The maximum atomic E-state index is 5.44. The Morgan fingerprint density at radius 3 is 2.21 bits per heavy atom. The predicted molar refractivity (Wildman–Crippen MR) is 101 cm³/mol. The Morgan fingerprint density at radius 2 is 1.71 bits per heavy atom. The van der Waals surface area contributed by atoms with E-state index in [0.29, 0.717) is 16.6 Å². The Balaban J connectivity index is 2.18. The Hall–Kier alpha value is -1.66. The van der Waals surface area contributed by atoms with E-state index in [0.717, 1.165) is 36.9 Å². The lowest BCUT2D eigenvalue weighted by Gasteiger charge is -2.25. The van der Waals surface area contributed by atoms with Gasteiger partial charge >= 0.3 is 0 Å². The van der Waals surface area contributed by atoms with Crippen LogP contribution in [0.5, 0.6) is 5.75 Å². The van der Waals surface area contributed by atoms with Crippen LogP contribution >= 0.6 is 12.2 Å². The van der Waals surface area contributed by atoms with E-state index in [1.54, 1.807) is 7.11 Å². The zero-order valence-corrected chi connectivity index (χ0v) is 16.1. The van der Waals surface area contributed by atoms with Crippen molar-refractivity contribution in [3.8, 4) is 17.1 Å². The minimum absolute atomic E-state index is 0.582. The third-order valence-corrected chi connectivity index (χ3v) is 3.94. The largest absolute Gasteiger partial charge is 0.497 e. The number of nitrogens with one attached hydrogen (secondary N) is 1. The Morgan fingerprint density at radius 1 is 1.12 bits per heavy atom. The summed E-state index contributed by atoms with van der Waals surface area (Å²) in [4.78, 5) is 6.92. The van der Waals surface area contributed by atoms with Crippen LogP contribution in [0.25, 0.3) is 11.4 Å². The molecular formula is C18H28N4OS. The van der Waals surface area contributed by atoms with Crippen molar-refractivity contribution in [3.05, 3.63) is 29.0 Å². The van der Waals surface area contributed by atoms with Crippen molar-refractivity contribution in [2.24, 2.45) is 11.8 Å². The quantitative estimate of drug-likeness (QED) is 0.727. The van der Waals surface area contributed by atoms with Gasteiger partial charge in [0.2, 0.25) is 4.77 Å².